The van der Waals surface area contributed by atoms with Crippen molar-refractivity contribution < 1.29 is 13.2 Å². The molecular formula is C17H29N5O3S. The van der Waals surface area contributed by atoms with E-state index in [1.807, 2.05) is 26.0 Å². The molecule has 0 saturated carbocycles. The Balaban J connectivity index is 1.73. The van der Waals surface area contributed by atoms with Gasteiger partial charge in [-0.1, -0.05) is 0 Å². The number of urea groups is 1. The van der Waals surface area contributed by atoms with E-state index < -0.39 is 10.0 Å². The molecule has 1 aliphatic heterocycles. The number of amides is 2. The van der Waals surface area contributed by atoms with Crippen molar-refractivity contribution in [1.29, 1.82) is 0 Å². The SMILES string of the molecule is CC(C)N(CCCNC(=O)Nc1ccc(N2CCCC2)nc1)S(C)(=O)=O. The van der Waals surface area contributed by atoms with E-state index in [0.29, 0.717) is 25.2 Å². The Morgan fingerprint density at radius 2 is 2.00 bits per heavy atom. The van der Waals surface area contributed by atoms with E-state index in [4.69, 9.17) is 0 Å². The van der Waals surface area contributed by atoms with E-state index in [2.05, 4.69) is 20.5 Å². The van der Waals surface area contributed by atoms with Gasteiger partial charge in [-0.25, -0.2) is 18.2 Å². The van der Waals surface area contributed by atoms with Crippen LogP contribution in [0.3, 0.4) is 0 Å². The van der Waals surface area contributed by atoms with Gasteiger partial charge in [0.25, 0.3) is 0 Å². The molecule has 146 valence electrons. The summed E-state index contributed by atoms with van der Waals surface area (Å²) in [6.45, 7) is 6.50. The molecule has 1 saturated heterocycles. The summed E-state index contributed by atoms with van der Waals surface area (Å²) in [5, 5.41) is 5.47. The zero-order valence-corrected chi connectivity index (χ0v) is 16.6. The first-order valence-electron chi connectivity index (χ1n) is 9.00. The minimum absolute atomic E-state index is 0.0981. The lowest BCUT2D eigenvalue weighted by atomic mass is 10.3. The fourth-order valence-corrected chi connectivity index (χ4v) is 4.24. The molecule has 2 N–H and O–H groups in total. The fraction of sp³-hybridized carbons (Fsp3) is 0.647. The van der Waals surface area contributed by atoms with Gasteiger partial charge in [-0.15, -0.1) is 0 Å². The summed E-state index contributed by atoms with van der Waals surface area (Å²) in [7, 11) is -3.23. The normalized spacial score (nSPS) is 14.9. The van der Waals surface area contributed by atoms with Crippen LogP contribution in [0.25, 0.3) is 0 Å². The summed E-state index contributed by atoms with van der Waals surface area (Å²) in [5.41, 5.74) is 0.630. The van der Waals surface area contributed by atoms with Gasteiger partial charge in [0.1, 0.15) is 5.82 Å². The molecule has 26 heavy (non-hydrogen) atoms. The fourth-order valence-electron chi connectivity index (χ4n) is 3.01. The lowest BCUT2D eigenvalue weighted by Crippen LogP contribution is -2.38. The second-order valence-corrected chi connectivity index (χ2v) is 8.74. The summed E-state index contributed by atoms with van der Waals surface area (Å²) >= 11 is 0. The molecular weight excluding hydrogens is 354 g/mol. The van der Waals surface area contributed by atoms with Gasteiger partial charge in [-0.2, -0.15) is 4.31 Å². The van der Waals surface area contributed by atoms with Gasteiger partial charge in [-0.05, 0) is 45.2 Å². The molecule has 9 heteroatoms. The lowest BCUT2D eigenvalue weighted by Gasteiger charge is -2.23. The summed E-state index contributed by atoms with van der Waals surface area (Å²) in [6.07, 6.45) is 5.78. The number of aromatic nitrogens is 1. The minimum Gasteiger partial charge on any atom is -0.357 e. The van der Waals surface area contributed by atoms with E-state index in [9.17, 15) is 13.2 Å². The van der Waals surface area contributed by atoms with Gasteiger partial charge in [0.15, 0.2) is 0 Å². The largest absolute Gasteiger partial charge is 0.357 e. The summed E-state index contributed by atoms with van der Waals surface area (Å²) in [5.74, 6) is 0.933. The summed E-state index contributed by atoms with van der Waals surface area (Å²) < 4.78 is 24.8. The Morgan fingerprint density at radius 3 is 2.54 bits per heavy atom. The number of pyridine rings is 1. The number of sulfonamides is 1. The number of hydrogen-bond donors (Lipinski definition) is 2. The Labute approximate surface area is 156 Å². The molecule has 0 bridgehead atoms. The Bertz CT molecular complexity index is 685. The molecule has 2 heterocycles. The number of anilines is 2. The Morgan fingerprint density at radius 1 is 1.31 bits per heavy atom. The predicted octanol–water partition coefficient (Wildman–Crippen LogP) is 1.86. The molecule has 0 unspecified atom stereocenters. The summed E-state index contributed by atoms with van der Waals surface area (Å²) in [6, 6.07) is 3.33. The predicted molar refractivity (Wildman–Crippen MR) is 104 cm³/mol. The number of carbonyl (C=O) groups excluding carboxylic acids is 1. The van der Waals surface area contributed by atoms with E-state index in [1.54, 1.807) is 6.20 Å². The van der Waals surface area contributed by atoms with Crippen molar-refractivity contribution in [3.05, 3.63) is 18.3 Å². The number of nitrogens with one attached hydrogen (secondary N) is 2. The van der Waals surface area contributed by atoms with E-state index in [1.165, 1.54) is 23.4 Å². The van der Waals surface area contributed by atoms with Crippen LogP contribution in [0.2, 0.25) is 0 Å². The molecule has 0 radical (unpaired) electrons. The quantitative estimate of drug-likeness (QED) is 0.668. The molecule has 0 aliphatic carbocycles. The van der Waals surface area contributed by atoms with E-state index in [0.717, 1.165) is 18.9 Å². The van der Waals surface area contributed by atoms with Gasteiger partial charge in [0, 0.05) is 32.2 Å². The maximum Gasteiger partial charge on any atom is 0.319 e. The molecule has 0 aromatic carbocycles. The van der Waals surface area contributed by atoms with Crippen molar-refractivity contribution in [1.82, 2.24) is 14.6 Å². The zero-order chi connectivity index (χ0) is 19.2. The highest BCUT2D eigenvalue weighted by atomic mass is 32.2. The van der Waals surface area contributed by atoms with Gasteiger partial charge in [-0.3, -0.25) is 0 Å². The average molecular weight is 384 g/mol. The third-order valence-electron chi connectivity index (χ3n) is 4.28. The van der Waals surface area contributed by atoms with Crippen LogP contribution in [0.5, 0.6) is 0 Å². The van der Waals surface area contributed by atoms with Crippen LogP contribution in [-0.4, -0.2) is 62.2 Å². The molecule has 1 aliphatic rings. The molecule has 1 aromatic heterocycles. The standard InChI is InChI=1S/C17H29N5O3S/c1-14(2)22(26(3,24)25)12-6-9-18-17(23)20-15-7-8-16(19-13-15)21-10-4-5-11-21/h7-8,13-14H,4-6,9-12H2,1-3H3,(H2,18,20,23). The molecule has 1 fully saturated rings. The van der Waals surface area contributed by atoms with Crippen LogP contribution in [0, 0.1) is 0 Å². The van der Waals surface area contributed by atoms with Crippen molar-refractivity contribution in [2.24, 2.45) is 0 Å². The monoisotopic (exact) mass is 383 g/mol. The molecule has 8 nitrogen and oxygen atoms in total. The maximum absolute atomic E-state index is 11.9. The van der Waals surface area contributed by atoms with Crippen molar-refractivity contribution in [3.63, 3.8) is 0 Å². The summed E-state index contributed by atoms with van der Waals surface area (Å²) in [4.78, 5) is 18.6. The van der Waals surface area contributed by atoms with Crippen molar-refractivity contribution in [3.8, 4) is 0 Å². The first-order chi connectivity index (χ1) is 12.3. The minimum atomic E-state index is -3.23. The van der Waals surface area contributed by atoms with Crippen molar-refractivity contribution in [2.45, 2.75) is 39.2 Å². The average Bonchev–Trinajstić information content (AvgIpc) is 3.08. The van der Waals surface area contributed by atoms with E-state index in [-0.39, 0.29) is 12.1 Å². The Hall–Kier alpha value is -1.87. The van der Waals surface area contributed by atoms with E-state index >= 15 is 0 Å². The topological polar surface area (TPSA) is 94.6 Å². The third kappa shape index (κ3) is 6.14. The number of hydrogen-bond acceptors (Lipinski definition) is 5. The van der Waals surface area contributed by atoms with Gasteiger partial charge in [0.2, 0.25) is 10.0 Å². The lowest BCUT2D eigenvalue weighted by molar-refractivity contribution is 0.251. The van der Waals surface area contributed by atoms with Crippen LogP contribution in [-0.2, 0) is 10.0 Å². The second kappa shape index (κ2) is 9.18. The molecule has 0 spiro atoms. The van der Waals surface area contributed by atoms with Crippen LogP contribution in [0.4, 0.5) is 16.3 Å². The molecule has 2 rings (SSSR count). The number of carbonyl (C=O) groups is 1. The van der Waals surface area contributed by atoms with Crippen LogP contribution in [0.1, 0.15) is 33.1 Å². The van der Waals surface area contributed by atoms with Gasteiger partial charge in [0.05, 0.1) is 18.1 Å². The Kier molecular flexibility index (Phi) is 7.22. The number of rotatable bonds is 8. The molecule has 0 atom stereocenters. The number of nitrogens with zero attached hydrogens (tertiary/aromatic N) is 3. The van der Waals surface area contributed by atoms with Crippen LogP contribution in [0.15, 0.2) is 18.3 Å². The third-order valence-corrected chi connectivity index (χ3v) is 5.73. The highest BCUT2D eigenvalue weighted by Crippen LogP contribution is 2.18. The van der Waals surface area contributed by atoms with Crippen LogP contribution >= 0.6 is 0 Å². The van der Waals surface area contributed by atoms with Crippen molar-refractivity contribution in [2.75, 3.05) is 42.7 Å². The first kappa shape index (κ1) is 20.4. The van der Waals surface area contributed by atoms with Gasteiger partial charge >= 0.3 is 6.03 Å². The molecule has 1 aromatic rings. The molecule has 2 amide bonds. The van der Waals surface area contributed by atoms with Gasteiger partial charge < -0.3 is 15.5 Å². The zero-order valence-electron chi connectivity index (χ0n) is 15.7. The highest BCUT2D eigenvalue weighted by molar-refractivity contribution is 7.88. The second-order valence-electron chi connectivity index (χ2n) is 6.80. The first-order valence-corrected chi connectivity index (χ1v) is 10.8. The highest BCUT2D eigenvalue weighted by Gasteiger charge is 2.19. The van der Waals surface area contributed by atoms with Crippen molar-refractivity contribution >= 4 is 27.6 Å². The maximum atomic E-state index is 11.9. The van der Waals surface area contributed by atoms with Crippen LogP contribution < -0.4 is 15.5 Å². The smallest absolute Gasteiger partial charge is 0.319 e.